The lowest BCUT2D eigenvalue weighted by Gasteiger charge is -2.16. The normalized spacial score (nSPS) is 14.2. The molecule has 0 aromatic heterocycles. The molecule has 8 nitrogen and oxygen atoms in total. The van der Waals surface area contributed by atoms with Crippen LogP contribution >= 0.6 is 0 Å². The van der Waals surface area contributed by atoms with Gasteiger partial charge in [-0.05, 0) is 48.4 Å². The molecule has 0 radical (unpaired) electrons. The smallest absolute Gasteiger partial charge is 0.240 e. The number of ether oxygens (including phenoxy) is 3. The van der Waals surface area contributed by atoms with Crippen LogP contribution in [0.2, 0.25) is 0 Å². The van der Waals surface area contributed by atoms with E-state index in [0.29, 0.717) is 41.5 Å². The maximum Gasteiger partial charge on any atom is 0.240 e. The van der Waals surface area contributed by atoms with Crippen LogP contribution in [0.4, 0.5) is 5.69 Å². The minimum Gasteiger partial charge on any atom is -0.493 e. The van der Waals surface area contributed by atoms with Crippen molar-refractivity contribution in [1.82, 2.24) is 4.72 Å². The molecule has 0 unspecified atom stereocenters. The average Bonchev–Trinajstić information content (AvgIpc) is 3.17. The Balaban J connectivity index is 1.75. The second-order valence-corrected chi connectivity index (χ2v) is 8.27. The van der Waals surface area contributed by atoms with Gasteiger partial charge in [0, 0.05) is 25.2 Å². The molecule has 1 saturated heterocycles. The van der Waals surface area contributed by atoms with Gasteiger partial charge in [-0.25, -0.2) is 13.1 Å². The summed E-state index contributed by atoms with van der Waals surface area (Å²) in [6, 6.07) is 9.67. The van der Waals surface area contributed by atoms with E-state index in [4.69, 9.17) is 14.2 Å². The number of benzene rings is 2. The number of hydrogen-bond donors (Lipinski definition) is 1. The Bertz CT molecular complexity index is 964. The molecule has 2 aromatic carbocycles. The van der Waals surface area contributed by atoms with E-state index in [1.807, 2.05) is 0 Å². The van der Waals surface area contributed by atoms with Crippen molar-refractivity contribution in [2.24, 2.45) is 0 Å². The molecule has 3 rings (SSSR count). The van der Waals surface area contributed by atoms with Gasteiger partial charge < -0.3 is 19.1 Å². The Kier molecular flexibility index (Phi) is 6.29. The number of carbonyl (C=O) groups is 1. The average molecular weight is 420 g/mol. The molecule has 1 heterocycles. The number of hydrogen-bond acceptors (Lipinski definition) is 6. The number of carbonyl (C=O) groups excluding carboxylic acids is 1. The van der Waals surface area contributed by atoms with E-state index in [2.05, 4.69) is 4.72 Å². The van der Waals surface area contributed by atoms with Crippen LogP contribution in [0.15, 0.2) is 41.3 Å². The van der Waals surface area contributed by atoms with Gasteiger partial charge in [0.05, 0.1) is 26.2 Å². The number of anilines is 1. The van der Waals surface area contributed by atoms with Gasteiger partial charge in [0.15, 0.2) is 11.5 Å². The van der Waals surface area contributed by atoms with Gasteiger partial charge in [-0.15, -0.1) is 0 Å². The number of methoxy groups -OCH3 is 3. The fraction of sp³-hybridized carbons (Fsp3) is 0.350. The SMILES string of the molecule is COc1cc(CNS(=O)(=O)c2ccc(N3CCCC3=O)cc2)cc(OC)c1OC. The lowest BCUT2D eigenvalue weighted by Crippen LogP contribution is -2.25. The van der Waals surface area contributed by atoms with Crippen LogP contribution in [0.1, 0.15) is 18.4 Å². The number of amides is 1. The number of nitrogens with one attached hydrogen (secondary N) is 1. The van der Waals surface area contributed by atoms with Gasteiger partial charge in [-0.3, -0.25) is 4.79 Å². The summed E-state index contributed by atoms with van der Waals surface area (Å²) in [7, 11) is 0.765. The van der Waals surface area contributed by atoms with Crippen LogP contribution in [0, 0.1) is 0 Å². The molecule has 0 saturated carbocycles. The van der Waals surface area contributed by atoms with Crippen molar-refractivity contribution in [3.8, 4) is 17.2 Å². The summed E-state index contributed by atoms with van der Waals surface area (Å²) in [6.07, 6.45) is 1.34. The molecule has 0 atom stereocenters. The highest BCUT2D eigenvalue weighted by Gasteiger charge is 2.22. The van der Waals surface area contributed by atoms with Crippen molar-refractivity contribution >= 4 is 21.6 Å². The van der Waals surface area contributed by atoms with Crippen molar-refractivity contribution in [3.63, 3.8) is 0 Å². The zero-order valence-electron chi connectivity index (χ0n) is 16.6. The molecule has 1 aliphatic heterocycles. The van der Waals surface area contributed by atoms with Crippen molar-refractivity contribution in [1.29, 1.82) is 0 Å². The summed E-state index contributed by atoms with van der Waals surface area (Å²) >= 11 is 0. The molecule has 1 N–H and O–H groups in total. The van der Waals surface area contributed by atoms with E-state index in [1.54, 1.807) is 29.2 Å². The predicted molar refractivity (Wildman–Crippen MR) is 108 cm³/mol. The fourth-order valence-corrected chi connectivity index (χ4v) is 4.24. The molecule has 2 aromatic rings. The first kappa shape index (κ1) is 20.9. The summed E-state index contributed by atoms with van der Waals surface area (Å²) in [5, 5.41) is 0. The van der Waals surface area contributed by atoms with E-state index in [-0.39, 0.29) is 17.3 Å². The minimum atomic E-state index is -3.73. The number of sulfonamides is 1. The zero-order valence-corrected chi connectivity index (χ0v) is 17.4. The fourth-order valence-electron chi connectivity index (χ4n) is 3.23. The van der Waals surface area contributed by atoms with Crippen molar-refractivity contribution in [2.75, 3.05) is 32.8 Å². The molecule has 0 spiro atoms. The van der Waals surface area contributed by atoms with Crippen LogP contribution in [0.5, 0.6) is 17.2 Å². The Labute approximate surface area is 170 Å². The number of nitrogens with zero attached hydrogens (tertiary/aromatic N) is 1. The molecule has 0 bridgehead atoms. The molecule has 156 valence electrons. The molecule has 0 aliphatic carbocycles. The molecule has 1 fully saturated rings. The largest absolute Gasteiger partial charge is 0.493 e. The Morgan fingerprint density at radius 1 is 1.00 bits per heavy atom. The summed E-state index contributed by atoms with van der Waals surface area (Å²) in [6.45, 7) is 0.704. The monoisotopic (exact) mass is 420 g/mol. The van der Waals surface area contributed by atoms with Crippen LogP contribution in [-0.4, -0.2) is 42.2 Å². The van der Waals surface area contributed by atoms with Crippen molar-refractivity contribution in [3.05, 3.63) is 42.0 Å². The van der Waals surface area contributed by atoms with E-state index in [1.165, 1.54) is 33.5 Å². The van der Waals surface area contributed by atoms with Crippen LogP contribution in [-0.2, 0) is 21.4 Å². The Morgan fingerprint density at radius 2 is 1.62 bits per heavy atom. The first-order valence-electron chi connectivity index (χ1n) is 9.08. The lowest BCUT2D eigenvalue weighted by molar-refractivity contribution is -0.117. The van der Waals surface area contributed by atoms with Crippen LogP contribution in [0.3, 0.4) is 0 Å². The molecular formula is C20H24N2O6S. The highest BCUT2D eigenvalue weighted by atomic mass is 32.2. The van der Waals surface area contributed by atoms with E-state index >= 15 is 0 Å². The summed E-state index contributed by atoms with van der Waals surface area (Å²) in [5.41, 5.74) is 1.36. The van der Waals surface area contributed by atoms with Gasteiger partial charge in [0.25, 0.3) is 0 Å². The van der Waals surface area contributed by atoms with Crippen molar-refractivity contribution in [2.45, 2.75) is 24.3 Å². The maximum atomic E-state index is 12.7. The Hall–Kier alpha value is -2.78. The molecular weight excluding hydrogens is 396 g/mol. The van der Waals surface area contributed by atoms with Gasteiger partial charge in [0.2, 0.25) is 21.7 Å². The molecule has 1 amide bonds. The summed E-state index contributed by atoms with van der Waals surface area (Å²) in [4.78, 5) is 13.6. The minimum absolute atomic E-state index is 0.0470. The second-order valence-electron chi connectivity index (χ2n) is 6.50. The first-order valence-corrected chi connectivity index (χ1v) is 10.6. The predicted octanol–water partition coefficient (Wildman–Crippen LogP) is 2.32. The second kappa shape index (κ2) is 8.71. The van der Waals surface area contributed by atoms with Crippen molar-refractivity contribution < 1.29 is 27.4 Å². The van der Waals surface area contributed by atoms with E-state index in [0.717, 1.165) is 6.42 Å². The Morgan fingerprint density at radius 3 is 2.10 bits per heavy atom. The highest BCUT2D eigenvalue weighted by molar-refractivity contribution is 7.89. The van der Waals surface area contributed by atoms with Gasteiger partial charge >= 0.3 is 0 Å². The third kappa shape index (κ3) is 4.46. The van der Waals surface area contributed by atoms with E-state index < -0.39 is 10.0 Å². The van der Waals surface area contributed by atoms with Crippen LogP contribution < -0.4 is 23.8 Å². The molecule has 9 heteroatoms. The standard InChI is InChI=1S/C20H24N2O6S/c1-26-17-11-14(12-18(27-2)20(17)28-3)13-21-29(24,25)16-8-6-15(7-9-16)22-10-4-5-19(22)23/h6-9,11-12,21H,4-5,10,13H2,1-3H3. The maximum absolute atomic E-state index is 12.7. The van der Waals surface area contributed by atoms with Gasteiger partial charge in [-0.1, -0.05) is 0 Å². The van der Waals surface area contributed by atoms with Crippen LogP contribution in [0.25, 0.3) is 0 Å². The highest BCUT2D eigenvalue weighted by Crippen LogP contribution is 2.38. The summed E-state index contributed by atoms with van der Waals surface area (Å²) in [5.74, 6) is 1.39. The molecule has 1 aliphatic rings. The van der Waals surface area contributed by atoms with Gasteiger partial charge in [0.1, 0.15) is 0 Å². The lowest BCUT2D eigenvalue weighted by atomic mass is 10.2. The molecule has 29 heavy (non-hydrogen) atoms. The number of rotatable bonds is 8. The quantitative estimate of drug-likeness (QED) is 0.704. The summed E-state index contributed by atoms with van der Waals surface area (Å²) < 4.78 is 43.7. The first-order chi connectivity index (χ1) is 13.9. The van der Waals surface area contributed by atoms with E-state index in [9.17, 15) is 13.2 Å². The third-order valence-electron chi connectivity index (χ3n) is 4.72. The zero-order chi connectivity index (χ0) is 21.0. The topological polar surface area (TPSA) is 94.2 Å². The third-order valence-corrected chi connectivity index (χ3v) is 6.14. The van der Waals surface area contributed by atoms with Gasteiger partial charge in [-0.2, -0.15) is 0 Å².